The van der Waals surface area contributed by atoms with Crippen molar-refractivity contribution in [2.75, 3.05) is 0 Å². The average molecular weight is 738 g/mol. The fourth-order valence-electron chi connectivity index (χ4n) is 4.77. The summed E-state index contributed by atoms with van der Waals surface area (Å²) in [5.41, 5.74) is 8.63. The summed E-state index contributed by atoms with van der Waals surface area (Å²) >= 11 is 1.27. The molecule has 212 valence electrons. The number of hydrogen-bond acceptors (Lipinski definition) is 0. The quantitative estimate of drug-likeness (QED) is 0.172. The van der Waals surface area contributed by atoms with Crippen LogP contribution >= 0.6 is 0 Å². The number of halogens is 2. The molecule has 0 aliphatic heterocycles. The zero-order valence-electron chi connectivity index (χ0n) is 25.8. The van der Waals surface area contributed by atoms with Crippen LogP contribution in [-0.2, 0) is 34.7 Å². The minimum atomic E-state index is 0. The predicted molar refractivity (Wildman–Crippen MR) is 168 cm³/mol. The van der Waals surface area contributed by atoms with Crippen molar-refractivity contribution in [1.82, 2.24) is 0 Å². The molecule has 0 heterocycles. The molecular formula is C37H44Cl2Hf-2. The molecule has 0 saturated carbocycles. The Labute approximate surface area is 270 Å². The van der Waals surface area contributed by atoms with Crippen molar-refractivity contribution in [2.24, 2.45) is 0 Å². The summed E-state index contributed by atoms with van der Waals surface area (Å²) in [6.07, 6.45) is 0. The van der Waals surface area contributed by atoms with Gasteiger partial charge in [-0.15, -0.1) is 51.4 Å². The van der Waals surface area contributed by atoms with Gasteiger partial charge in [0.25, 0.3) is 0 Å². The Kier molecular flexibility index (Phi) is 13.5. The molecule has 40 heavy (non-hydrogen) atoms. The summed E-state index contributed by atoms with van der Waals surface area (Å²) in [6.45, 7) is 22.2. The van der Waals surface area contributed by atoms with E-state index in [4.69, 9.17) is 0 Å². The Hall–Kier alpha value is -1.80. The summed E-state index contributed by atoms with van der Waals surface area (Å²) in [6, 6.07) is 31.1. The number of rotatable bonds is 1. The van der Waals surface area contributed by atoms with Gasteiger partial charge in [-0.3, -0.25) is 0 Å². The standard InChI is InChI=1S/C21H25.C13H13.C3H6.2ClH.Hf/c1-20(2,3)16-7-9-18-14(12-16)11-15-13-17(21(4,5)6)8-10-19(15)18;1-10-6-5-7-11(2)13(10)12-8-3-4-9-12;1-3-2;;;/h7-13H,1-6H3;3-9H,1-2H3;1-2H3;2*1H;/q2*-1;;;;+2/p-2. The summed E-state index contributed by atoms with van der Waals surface area (Å²) < 4.78 is 1.56. The van der Waals surface area contributed by atoms with Crippen molar-refractivity contribution in [1.29, 1.82) is 0 Å². The number of aryl methyl sites for hydroxylation is 2. The maximum atomic E-state index is 2.35. The molecule has 0 aliphatic carbocycles. The van der Waals surface area contributed by atoms with Gasteiger partial charge >= 0.3 is 41.0 Å². The van der Waals surface area contributed by atoms with E-state index in [1.165, 1.54) is 78.8 Å². The molecule has 0 spiro atoms. The van der Waals surface area contributed by atoms with Gasteiger partial charge in [0.2, 0.25) is 0 Å². The van der Waals surface area contributed by atoms with Gasteiger partial charge in [0, 0.05) is 0 Å². The summed E-state index contributed by atoms with van der Waals surface area (Å²) in [4.78, 5) is 0. The van der Waals surface area contributed by atoms with Crippen LogP contribution in [0.5, 0.6) is 0 Å². The third kappa shape index (κ3) is 9.37. The molecule has 5 aromatic carbocycles. The zero-order chi connectivity index (χ0) is 28.3. The molecule has 0 saturated heterocycles. The van der Waals surface area contributed by atoms with Gasteiger partial charge < -0.3 is 24.8 Å². The van der Waals surface area contributed by atoms with Crippen LogP contribution in [0, 0.1) is 13.8 Å². The topological polar surface area (TPSA) is 0 Å². The monoisotopic (exact) mass is 738 g/mol. The Morgan fingerprint density at radius 3 is 1.43 bits per heavy atom. The zero-order valence-corrected chi connectivity index (χ0v) is 30.9. The number of fused-ring (bicyclic) bond motifs is 3. The van der Waals surface area contributed by atoms with Crippen LogP contribution in [0.1, 0.15) is 77.6 Å². The maximum Gasteiger partial charge on any atom is -0.0480 e. The second-order valence-electron chi connectivity index (χ2n) is 12.7. The first-order valence-corrected chi connectivity index (χ1v) is 15.4. The van der Waals surface area contributed by atoms with E-state index in [-0.39, 0.29) is 35.6 Å². The van der Waals surface area contributed by atoms with E-state index in [1.54, 1.807) is 3.26 Å². The van der Waals surface area contributed by atoms with E-state index >= 15 is 0 Å². The normalized spacial score (nSPS) is 11.0. The molecule has 5 rings (SSSR count). The Morgan fingerprint density at radius 1 is 0.650 bits per heavy atom. The Balaban J connectivity index is 0.000000362. The molecule has 0 radical (unpaired) electrons. The van der Waals surface area contributed by atoms with E-state index in [1.807, 2.05) is 0 Å². The summed E-state index contributed by atoms with van der Waals surface area (Å²) in [7, 11) is 0. The molecule has 3 heteroatoms. The SMILES string of the molecule is CC(C)(C)c1ccc2c(c1)[cH-]c1cc(C(C)(C)C)ccc12.C[C](C)=[Hf+2].Cc1cccc(C)c1-c1ccc[cH-]1.[Cl-].[Cl-]. The third-order valence-corrected chi connectivity index (χ3v) is 6.87. The van der Waals surface area contributed by atoms with Gasteiger partial charge in [0.05, 0.1) is 0 Å². The smallest absolute Gasteiger partial charge is 0.0480 e. The van der Waals surface area contributed by atoms with Crippen LogP contribution in [0.15, 0.2) is 84.9 Å². The van der Waals surface area contributed by atoms with Crippen molar-refractivity contribution in [3.63, 3.8) is 0 Å². The molecule has 0 bridgehead atoms. The first-order valence-electron chi connectivity index (χ1n) is 13.6. The number of benzene rings is 3. The predicted octanol–water partition coefficient (Wildman–Crippen LogP) is 4.75. The molecule has 0 unspecified atom stereocenters. The second-order valence-corrected chi connectivity index (χ2v) is 16.3. The van der Waals surface area contributed by atoms with Crippen LogP contribution in [0.4, 0.5) is 0 Å². The van der Waals surface area contributed by atoms with E-state index in [0.29, 0.717) is 0 Å². The average Bonchev–Trinajstić information content (AvgIpc) is 3.45. The van der Waals surface area contributed by atoms with Gasteiger partial charge in [0.1, 0.15) is 0 Å². The van der Waals surface area contributed by atoms with Crippen molar-refractivity contribution in [3.8, 4) is 11.1 Å². The molecule has 5 aromatic rings. The maximum absolute atomic E-state index is 2.35. The molecule has 0 aliphatic rings. The van der Waals surface area contributed by atoms with Crippen molar-refractivity contribution in [3.05, 3.63) is 107 Å². The van der Waals surface area contributed by atoms with Crippen molar-refractivity contribution in [2.45, 2.75) is 80.1 Å². The van der Waals surface area contributed by atoms with Crippen LogP contribution in [0.3, 0.4) is 0 Å². The molecule has 0 N–H and O–H groups in total. The van der Waals surface area contributed by atoms with E-state index in [0.717, 1.165) is 0 Å². The number of hydrogen-bond donors (Lipinski definition) is 0. The molecular weight excluding hydrogens is 694 g/mol. The van der Waals surface area contributed by atoms with Crippen LogP contribution in [-0.4, -0.2) is 3.26 Å². The van der Waals surface area contributed by atoms with Crippen molar-refractivity contribution >= 4 is 24.8 Å². The van der Waals surface area contributed by atoms with Gasteiger partial charge in [-0.05, 0) is 24.7 Å². The summed E-state index contributed by atoms with van der Waals surface area (Å²) in [5, 5.41) is 5.48. The Bertz CT molecular complexity index is 1430. The van der Waals surface area contributed by atoms with Crippen LogP contribution in [0.25, 0.3) is 32.7 Å². The third-order valence-electron chi connectivity index (χ3n) is 6.87. The first kappa shape index (κ1) is 36.2. The fraction of sp³-hybridized carbons (Fsp3) is 0.324. The summed E-state index contributed by atoms with van der Waals surface area (Å²) in [5.74, 6) is 0. The van der Waals surface area contributed by atoms with E-state index < -0.39 is 0 Å². The first-order chi connectivity index (χ1) is 17.7. The van der Waals surface area contributed by atoms with Gasteiger partial charge in [0.15, 0.2) is 0 Å². The Morgan fingerprint density at radius 2 is 1.07 bits per heavy atom. The molecule has 0 fully saturated rings. The van der Waals surface area contributed by atoms with Gasteiger partial charge in [-0.2, -0.15) is 18.2 Å². The van der Waals surface area contributed by atoms with Gasteiger partial charge in [-0.25, -0.2) is 0 Å². The molecule has 0 nitrogen and oxygen atoms in total. The molecule has 0 atom stereocenters. The minimum Gasteiger partial charge on any atom is -1.00 e. The molecule has 0 aromatic heterocycles. The van der Waals surface area contributed by atoms with Crippen LogP contribution in [0.2, 0.25) is 0 Å². The fourth-order valence-corrected chi connectivity index (χ4v) is 4.77. The van der Waals surface area contributed by atoms with E-state index in [2.05, 4.69) is 154 Å². The van der Waals surface area contributed by atoms with Crippen molar-refractivity contribution < 1.29 is 48.7 Å². The minimum absolute atomic E-state index is 0. The van der Waals surface area contributed by atoms with E-state index in [9.17, 15) is 0 Å². The second kappa shape index (κ2) is 14.9. The van der Waals surface area contributed by atoms with Gasteiger partial charge in [-0.1, -0.05) is 112 Å². The molecule has 0 amide bonds. The van der Waals surface area contributed by atoms with Crippen LogP contribution < -0.4 is 24.8 Å². The largest absolute Gasteiger partial charge is 1.00 e.